The molecule has 2 nitrogen and oxygen atoms in total. The quantitative estimate of drug-likeness (QED) is 0.826. The van der Waals surface area contributed by atoms with Crippen molar-refractivity contribution in [1.82, 2.24) is 0 Å². The Morgan fingerprint density at radius 1 is 1.43 bits per heavy atom. The first-order valence-electron chi connectivity index (χ1n) is 4.50. The second-order valence-electron chi connectivity index (χ2n) is 3.57. The number of hydrogen-bond donors (Lipinski definition) is 1. The van der Waals surface area contributed by atoms with E-state index in [4.69, 9.17) is 5.73 Å². The summed E-state index contributed by atoms with van der Waals surface area (Å²) in [4.78, 5) is 11.7. The average molecular weight is 256 g/mol. The lowest BCUT2D eigenvalue weighted by Crippen LogP contribution is -2.27. The number of hydrogen-bond acceptors (Lipinski definition) is 2. The second kappa shape index (κ2) is 4.24. The van der Waals surface area contributed by atoms with Crippen LogP contribution in [0.5, 0.6) is 0 Å². The van der Waals surface area contributed by atoms with E-state index < -0.39 is 6.04 Å². The number of carbonyl (C=O) groups is 1. The largest absolute Gasteiger partial charge is 0.321 e. The van der Waals surface area contributed by atoms with E-state index in [1.807, 2.05) is 26.0 Å². The predicted molar refractivity (Wildman–Crippen MR) is 61.6 cm³/mol. The molecule has 1 unspecified atom stereocenters. The highest BCUT2D eigenvalue weighted by atomic mass is 79.9. The third kappa shape index (κ3) is 2.22. The van der Waals surface area contributed by atoms with Gasteiger partial charge in [0.15, 0.2) is 5.78 Å². The van der Waals surface area contributed by atoms with Crippen LogP contribution < -0.4 is 5.73 Å². The molecule has 0 spiro atoms. The van der Waals surface area contributed by atoms with Gasteiger partial charge in [-0.1, -0.05) is 15.9 Å². The van der Waals surface area contributed by atoms with Gasteiger partial charge in [0, 0.05) is 10.0 Å². The summed E-state index contributed by atoms with van der Waals surface area (Å²) < 4.78 is 0.960. The van der Waals surface area contributed by atoms with E-state index in [0.29, 0.717) is 5.56 Å². The van der Waals surface area contributed by atoms with Crippen molar-refractivity contribution in [1.29, 1.82) is 0 Å². The molecular formula is C11H14BrNO. The Labute approximate surface area is 92.6 Å². The van der Waals surface area contributed by atoms with Gasteiger partial charge in [-0.3, -0.25) is 4.79 Å². The number of halogens is 1. The Balaban J connectivity index is 3.27. The van der Waals surface area contributed by atoms with Gasteiger partial charge >= 0.3 is 0 Å². The molecule has 1 aromatic rings. The highest BCUT2D eigenvalue weighted by Gasteiger charge is 2.15. The van der Waals surface area contributed by atoms with Crippen molar-refractivity contribution in [3.63, 3.8) is 0 Å². The summed E-state index contributed by atoms with van der Waals surface area (Å²) in [5.41, 5.74) is 8.30. The van der Waals surface area contributed by atoms with Crippen LogP contribution in [0.4, 0.5) is 0 Å². The van der Waals surface area contributed by atoms with Crippen molar-refractivity contribution in [3.8, 4) is 0 Å². The first-order valence-corrected chi connectivity index (χ1v) is 5.29. The molecular weight excluding hydrogens is 242 g/mol. The first kappa shape index (κ1) is 11.4. The maximum atomic E-state index is 11.7. The number of benzene rings is 1. The Bertz CT molecular complexity index is 372. The number of ketones is 1. The van der Waals surface area contributed by atoms with Crippen LogP contribution >= 0.6 is 15.9 Å². The molecule has 1 atom stereocenters. The Morgan fingerprint density at radius 2 is 2.00 bits per heavy atom. The molecule has 0 saturated carbocycles. The summed E-state index contributed by atoms with van der Waals surface area (Å²) >= 11 is 3.42. The predicted octanol–water partition coefficient (Wildman–Crippen LogP) is 2.60. The summed E-state index contributed by atoms with van der Waals surface area (Å²) in [7, 11) is 0. The summed E-state index contributed by atoms with van der Waals surface area (Å²) in [6, 6.07) is 3.43. The van der Waals surface area contributed by atoms with E-state index in [0.717, 1.165) is 15.6 Å². The highest BCUT2D eigenvalue weighted by molar-refractivity contribution is 9.10. The molecule has 76 valence electrons. The number of rotatable bonds is 2. The fourth-order valence-corrected chi connectivity index (χ4v) is 1.89. The third-order valence-electron chi connectivity index (χ3n) is 2.17. The number of aryl methyl sites for hydroxylation is 1. The molecule has 0 aliphatic rings. The lowest BCUT2D eigenvalue weighted by atomic mass is 9.99. The lowest BCUT2D eigenvalue weighted by Gasteiger charge is -2.10. The molecule has 0 amide bonds. The lowest BCUT2D eigenvalue weighted by molar-refractivity contribution is 0.0967. The Morgan fingerprint density at radius 3 is 2.50 bits per heavy atom. The zero-order valence-corrected chi connectivity index (χ0v) is 10.2. The summed E-state index contributed by atoms with van der Waals surface area (Å²) in [6.45, 7) is 5.58. The van der Waals surface area contributed by atoms with Gasteiger partial charge < -0.3 is 5.73 Å². The van der Waals surface area contributed by atoms with Gasteiger partial charge in [-0.2, -0.15) is 0 Å². The molecule has 0 aliphatic carbocycles. The van der Waals surface area contributed by atoms with E-state index in [-0.39, 0.29) is 5.78 Å². The minimum Gasteiger partial charge on any atom is -0.321 e. The van der Waals surface area contributed by atoms with Gasteiger partial charge in [0.25, 0.3) is 0 Å². The van der Waals surface area contributed by atoms with Crippen LogP contribution in [-0.2, 0) is 0 Å². The maximum Gasteiger partial charge on any atom is 0.179 e. The van der Waals surface area contributed by atoms with E-state index in [9.17, 15) is 4.79 Å². The Hall–Kier alpha value is -0.670. The first-order chi connectivity index (χ1) is 6.43. The zero-order valence-electron chi connectivity index (χ0n) is 8.60. The molecule has 0 saturated heterocycles. The van der Waals surface area contributed by atoms with Crippen LogP contribution in [0.1, 0.15) is 28.4 Å². The minimum absolute atomic E-state index is 0.00750. The van der Waals surface area contributed by atoms with Crippen molar-refractivity contribution < 1.29 is 4.79 Å². The van der Waals surface area contributed by atoms with Crippen molar-refractivity contribution in [3.05, 3.63) is 33.3 Å². The van der Waals surface area contributed by atoms with Gasteiger partial charge in [0.2, 0.25) is 0 Å². The van der Waals surface area contributed by atoms with Crippen LogP contribution in [-0.4, -0.2) is 11.8 Å². The van der Waals surface area contributed by atoms with Crippen molar-refractivity contribution in [2.24, 2.45) is 5.73 Å². The Kier molecular flexibility index (Phi) is 3.45. The molecule has 14 heavy (non-hydrogen) atoms. The topological polar surface area (TPSA) is 43.1 Å². The van der Waals surface area contributed by atoms with Crippen molar-refractivity contribution in [2.75, 3.05) is 0 Å². The van der Waals surface area contributed by atoms with Crippen molar-refractivity contribution >= 4 is 21.7 Å². The molecule has 0 heterocycles. The third-order valence-corrected chi connectivity index (χ3v) is 2.99. The smallest absolute Gasteiger partial charge is 0.179 e. The van der Waals surface area contributed by atoms with E-state index in [1.165, 1.54) is 0 Å². The van der Waals surface area contributed by atoms with Crippen LogP contribution in [0.3, 0.4) is 0 Å². The maximum absolute atomic E-state index is 11.7. The molecule has 0 aliphatic heterocycles. The van der Waals surface area contributed by atoms with E-state index in [2.05, 4.69) is 15.9 Å². The molecule has 1 aromatic carbocycles. The highest BCUT2D eigenvalue weighted by Crippen LogP contribution is 2.22. The average Bonchev–Trinajstić information content (AvgIpc) is 2.09. The summed E-state index contributed by atoms with van der Waals surface area (Å²) in [6.07, 6.45) is 0. The second-order valence-corrected chi connectivity index (χ2v) is 4.43. The molecule has 0 fully saturated rings. The number of carbonyl (C=O) groups excluding carboxylic acids is 1. The molecule has 0 aromatic heterocycles. The molecule has 0 radical (unpaired) electrons. The van der Waals surface area contributed by atoms with Crippen LogP contribution in [0.2, 0.25) is 0 Å². The van der Waals surface area contributed by atoms with E-state index >= 15 is 0 Å². The standard InChI is InChI=1S/C11H14BrNO/c1-6-4-9(11(14)8(3)13)7(2)10(12)5-6/h4-5,8H,13H2,1-3H3. The normalized spacial score (nSPS) is 12.6. The van der Waals surface area contributed by atoms with Crippen LogP contribution in [0.25, 0.3) is 0 Å². The molecule has 1 rings (SSSR count). The molecule has 0 bridgehead atoms. The van der Waals surface area contributed by atoms with Crippen LogP contribution in [0, 0.1) is 13.8 Å². The molecule has 2 N–H and O–H groups in total. The minimum atomic E-state index is -0.442. The van der Waals surface area contributed by atoms with Gasteiger partial charge in [0.1, 0.15) is 0 Å². The monoisotopic (exact) mass is 255 g/mol. The van der Waals surface area contributed by atoms with Crippen LogP contribution in [0.15, 0.2) is 16.6 Å². The van der Waals surface area contributed by atoms with Gasteiger partial charge in [-0.05, 0) is 44.0 Å². The van der Waals surface area contributed by atoms with Gasteiger partial charge in [-0.15, -0.1) is 0 Å². The van der Waals surface area contributed by atoms with Crippen molar-refractivity contribution in [2.45, 2.75) is 26.8 Å². The SMILES string of the molecule is Cc1cc(Br)c(C)c(C(=O)C(C)N)c1. The fourth-order valence-electron chi connectivity index (χ4n) is 1.32. The molecule has 3 heteroatoms. The summed E-state index contributed by atoms with van der Waals surface area (Å²) in [5.74, 6) is -0.00750. The van der Waals surface area contributed by atoms with E-state index in [1.54, 1.807) is 6.92 Å². The van der Waals surface area contributed by atoms with Gasteiger partial charge in [0.05, 0.1) is 6.04 Å². The fraction of sp³-hybridized carbons (Fsp3) is 0.364. The zero-order chi connectivity index (χ0) is 10.9. The number of Topliss-reactive ketones (excluding diaryl/α,β-unsaturated/α-hetero) is 1. The summed E-state index contributed by atoms with van der Waals surface area (Å²) in [5, 5.41) is 0. The van der Waals surface area contributed by atoms with Gasteiger partial charge in [-0.25, -0.2) is 0 Å². The number of nitrogens with two attached hydrogens (primary N) is 1.